The molecule has 0 spiro atoms. The predicted octanol–water partition coefficient (Wildman–Crippen LogP) is 0.0522. The van der Waals surface area contributed by atoms with Crippen LogP contribution >= 0.6 is 7.82 Å². The summed E-state index contributed by atoms with van der Waals surface area (Å²) < 4.78 is 13.8. The number of hydrogen-bond acceptors (Lipinski definition) is 4. The highest BCUT2D eigenvalue weighted by molar-refractivity contribution is 7.45. The Bertz CT molecular complexity index is 291. The van der Waals surface area contributed by atoms with Crippen LogP contribution in [0.4, 0.5) is 5.69 Å². The molecule has 0 aliphatic carbocycles. The van der Waals surface area contributed by atoms with Crippen LogP contribution in [0.25, 0.3) is 0 Å². The van der Waals surface area contributed by atoms with Crippen molar-refractivity contribution in [1.29, 1.82) is 0 Å². The topological polar surface area (TPSA) is 125 Å². The highest BCUT2D eigenvalue weighted by Crippen LogP contribution is 2.25. The molecule has 8 heteroatoms. The minimum atomic E-state index is -4.64. The van der Waals surface area contributed by atoms with Crippen LogP contribution in [0.5, 0.6) is 5.75 Å². The Labute approximate surface area is 86.7 Å². The molecule has 0 aromatic heterocycles. The van der Waals surface area contributed by atoms with E-state index in [4.69, 9.17) is 29.8 Å². The van der Waals surface area contributed by atoms with Gasteiger partial charge in [0.2, 0.25) is 0 Å². The minimum Gasteiger partial charge on any atom is -0.497 e. The molecule has 86 valence electrons. The lowest BCUT2D eigenvalue weighted by Crippen LogP contribution is -2.05. The molecule has 0 aliphatic rings. The molecule has 0 radical (unpaired) electrons. The third-order valence-corrected chi connectivity index (χ3v) is 1.26. The number of ether oxygens (including phenoxy) is 1. The van der Waals surface area contributed by atoms with Crippen molar-refractivity contribution in [3.05, 3.63) is 24.3 Å². The molecule has 0 bridgehead atoms. The number of methoxy groups -OCH3 is 1. The van der Waals surface area contributed by atoms with E-state index in [2.05, 4.69) is 5.43 Å². The number of nitrogens with one attached hydrogen (secondary N) is 1. The highest BCUT2D eigenvalue weighted by Gasteiger charge is 2.00. The second-order valence-corrected chi connectivity index (χ2v) is 3.41. The summed E-state index contributed by atoms with van der Waals surface area (Å²) in [6.45, 7) is 0. The van der Waals surface area contributed by atoms with Gasteiger partial charge in [-0.1, -0.05) is 0 Å². The standard InChI is InChI=1S/C7H10N2O.H3O4P/c1-10-7-4-2-6(9-8)3-5-7;1-5(2,3)4/h2-5,9H,8H2,1H3;(H3,1,2,3,4). The van der Waals surface area contributed by atoms with Crippen molar-refractivity contribution in [1.82, 2.24) is 0 Å². The Morgan fingerprint density at radius 2 is 1.67 bits per heavy atom. The van der Waals surface area contributed by atoms with E-state index in [0.717, 1.165) is 11.4 Å². The zero-order valence-corrected chi connectivity index (χ0v) is 8.89. The summed E-state index contributed by atoms with van der Waals surface area (Å²) in [6, 6.07) is 7.38. The molecule has 0 saturated heterocycles. The van der Waals surface area contributed by atoms with E-state index < -0.39 is 7.82 Å². The van der Waals surface area contributed by atoms with Gasteiger partial charge < -0.3 is 24.8 Å². The molecule has 0 aliphatic heterocycles. The average molecular weight is 236 g/mol. The number of hydrogen-bond donors (Lipinski definition) is 5. The molecular formula is C7H13N2O5P. The monoisotopic (exact) mass is 236 g/mol. The molecule has 0 saturated carbocycles. The normalized spacial score (nSPS) is 9.93. The molecule has 1 aromatic carbocycles. The third-order valence-electron chi connectivity index (χ3n) is 1.26. The van der Waals surface area contributed by atoms with Gasteiger partial charge in [0.15, 0.2) is 0 Å². The van der Waals surface area contributed by atoms with Crippen molar-refractivity contribution < 1.29 is 24.0 Å². The highest BCUT2D eigenvalue weighted by atomic mass is 31.2. The van der Waals surface area contributed by atoms with Gasteiger partial charge in [-0.2, -0.15) is 0 Å². The van der Waals surface area contributed by atoms with E-state index in [-0.39, 0.29) is 0 Å². The van der Waals surface area contributed by atoms with Crippen molar-refractivity contribution in [2.24, 2.45) is 5.84 Å². The number of hydrazine groups is 1. The smallest absolute Gasteiger partial charge is 0.466 e. The summed E-state index contributed by atoms with van der Waals surface area (Å²) in [5, 5.41) is 0. The van der Waals surface area contributed by atoms with Crippen LogP contribution in [-0.2, 0) is 4.57 Å². The van der Waals surface area contributed by atoms with E-state index in [0.29, 0.717) is 0 Å². The molecule has 0 atom stereocenters. The molecule has 0 fully saturated rings. The summed E-state index contributed by atoms with van der Waals surface area (Å²) >= 11 is 0. The van der Waals surface area contributed by atoms with E-state index in [1.54, 1.807) is 7.11 Å². The predicted molar refractivity (Wildman–Crippen MR) is 55.1 cm³/mol. The molecule has 6 N–H and O–H groups in total. The lowest BCUT2D eigenvalue weighted by molar-refractivity contribution is 0.275. The second kappa shape index (κ2) is 6.39. The summed E-state index contributed by atoms with van der Waals surface area (Å²) in [5.41, 5.74) is 3.40. The maximum Gasteiger partial charge on any atom is 0.466 e. The van der Waals surface area contributed by atoms with Crippen LogP contribution in [-0.4, -0.2) is 21.8 Å². The Kier molecular flexibility index (Phi) is 5.92. The van der Waals surface area contributed by atoms with Crippen molar-refractivity contribution in [2.45, 2.75) is 0 Å². The van der Waals surface area contributed by atoms with Gasteiger partial charge >= 0.3 is 7.82 Å². The molecular weight excluding hydrogens is 223 g/mol. The number of phosphoric acid groups is 1. The molecule has 1 rings (SSSR count). The molecule has 0 heterocycles. The fraction of sp³-hybridized carbons (Fsp3) is 0.143. The SMILES string of the molecule is COc1ccc(NN)cc1.O=P(O)(O)O. The first-order valence-corrected chi connectivity index (χ1v) is 5.32. The summed E-state index contributed by atoms with van der Waals surface area (Å²) in [6.07, 6.45) is 0. The fourth-order valence-electron chi connectivity index (χ4n) is 0.687. The summed E-state index contributed by atoms with van der Waals surface area (Å²) in [7, 11) is -3.01. The lowest BCUT2D eigenvalue weighted by Gasteiger charge is -2.00. The maximum absolute atomic E-state index is 8.88. The molecule has 1 aromatic rings. The van der Waals surface area contributed by atoms with Crippen molar-refractivity contribution in [3.63, 3.8) is 0 Å². The van der Waals surface area contributed by atoms with Crippen LogP contribution in [0.1, 0.15) is 0 Å². The largest absolute Gasteiger partial charge is 0.497 e. The molecule has 7 nitrogen and oxygen atoms in total. The van der Waals surface area contributed by atoms with Gasteiger partial charge in [-0.15, -0.1) is 0 Å². The van der Waals surface area contributed by atoms with E-state index in [1.807, 2.05) is 24.3 Å². The van der Waals surface area contributed by atoms with Crippen LogP contribution < -0.4 is 16.0 Å². The quantitative estimate of drug-likeness (QED) is 0.279. The Balaban J connectivity index is 0.000000336. The number of nitrogens with two attached hydrogens (primary N) is 1. The van der Waals surface area contributed by atoms with Crippen LogP contribution in [0.2, 0.25) is 0 Å². The van der Waals surface area contributed by atoms with Gasteiger partial charge in [0.1, 0.15) is 5.75 Å². The number of nitrogen functional groups attached to an aromatic ring is 1. The zero-order valence-electron chi connectivity index (χ0n) is 7.99. The number of anilines is 1. The van der Waals surface area contributed by atoms with Gasteiger partial charge in [0, 0.05) is 5.69 Å². The number of rotatable bonds is 2. The van der Waals surface area contributed by atoms with Crippen molar-refractivity contribution >= 4 is 13.5 Å². The molecule has 0 amide bonds. The third kappa shape index (κ3) is 9.20. The Morgan fingerprint density at radius 1 is 1.27 bits per heavy atom. The van der Waals surface area contributed by atoms with E-state index in [9.17, 15) is 0 Å². The Hall–Kier alpha value is -1.11. The van der Waals surface area contributed by atoms with Gasteiger partial charge in [0.25, 0.3) is 0 Å². The van der Waals surface area contributed by atoms with Crippen LogP contribution in [0.3, 0.4) is 0 Å². The first-order valence-electron chi connectivity index (χ1n) is 3.75. The lowest BCUT2D eigenvalue weighted by atomic mass is 10.3. The van der Waals surface area contributed by atoms with Crippen LogP contribution in [0, 0.1) is 0 Å². The van der Waals surface area contributed by atoms with Crippen molar-refractivity contribution in [3.8, 4) is 5.75 Å². The summed E-state index contributed by atoms with van der Waals surface area (Å²) in [5.74, 6) is 5.98. The second-order valence-electron chi connectivity index (χ2n) is 2.39. The first-order chi connectivity index (χ1) is 6.86. The minimum absolute atomic E-state index is 0.832. The van der Waals surface area contributed by atoms with Gasteiger partial charge in [-0.25, -0.2) is 4.57 Å². The van der Waals surface area contributed by atoms with Crippen molar-refractivity contribution in [2.75, 3.05) is 12.5 Å². The van der Waals surface area contributed by atoms with Gasteiger partial charge in [-0.3, -0.25) is 5.84 Å². The van der Waals surface area contributed by atoms with Gasteiger partial charge in [0.05, 0.1) is 7.11 Å². The van der Waals surface area contributed by atoms with E-state index >= 15 is 0 Å². The van der Waals surface area contributed by atoms with E-state index in [1.165, 1.54) is 0 Å². The first kappa shape index (κ1) is 13.9. The zero-order chi connectivity index (χ0) is 11.9. The fourth-order valence-corrected chi connectivity index (χ4v) is 0.687. The maximum atomic E-state index is 8.88. The van der Waals surface area contributed by atoms with Gasteiger partial charge in [-0.05, 0) is 24.3 Å². The summed E-state index contributed by atoms with van der Waals surface area (Å²) in [4.78, 5) is 21.6. The van der Waals surface area contributed by atoms with Crippen LogP contribution in [0.15, 0.2) is 24.3 Å². The average Bonchev–Trinajstić information content (AvgIpc) is 2.15. The Morgan fingerprint density at radius 3 is 1.93 bits per heavy atom. The molecule has 0 unspecified atom stereocenters. The molecule has 15 heavy (non-hydrogen) atoms. The number of benzene rings is 1.